The first-order valence-corrected chi connectivity index (χ1v) is 14.8. The van der Waals surface area contributed by atoms with Crippen LogP contribution in [0.4, 0.5) is 4.39 Å². The molecule has 1 atom stereocenters. The highest BCUT2D eigenvalue weighted by atomic mass is 19.1. The number of carboxylic acid groups (broad SMARTS) is 1. The summed E-state index contributed by atoms with van der Waals surface area (Å²) in [6.07, 6.45) is 5.17. The van der Waals surface area contributed by atoms with Crippen LogP contribution in [0, 0.1) is 17.1 Å². The lowest BCUT2D eigenvalue weighted by atomic mass is 9.89. The van der Waals surface area contributed by atoms with E-state index in [2.05, 4.69) is 38.3 Å². The molecule has 9 heteroatoms. The molecule has 0 spiro atoms. The largest absolute Gasteiger partial charge is 0.478 e. The molecule has 8 nitrogen and oxygen atoms in total. The number of piperidine rings is 1. The number of aromatic nitrogens is 3. The molecular weight excluding hydrogens is 545 g/mol. The number of nitriles is 1. The highest BCUT2D eigenvalue weighted by Gasteiger charge is 2.26. The second-order valence-electron chi connectivity index (χ2n) is 11.7. The molecule has 2 aromatic heterocycles. The molecule has 7 rings (SSSR count). The zero-order valence-corrected chi connectivity index (χ0v) is 23.7. The lowest BCUT2D eigenvalue weighted by molar-refractivity contribution is -0.0592. The number of imidazole rings is 1. The van der Waals surface area contributed by atoms with Gasteiger partial charge in [-0.1, -0.05) is 18.2 Å². The minimum absolute atomic E-state index is 0.137. The molecule has 0 aliphatic carbocycles. The zero-order valence-electron chi connectivity index (χ0n) is 23.7. The summed E-state index contributed by atoms with van der Waals surface area (Å²) >= 11 is 0. The van der Waals surface area contributed by atoms with Gasteiger partial charge in [-0.2, -0.15) is 5.26 Å². The van der Waals surface area contributed by atoms with E-state index in [9.17, 15) is 14.3 Å². The Hall–Kier alpha value is -4.52. The fourth-order valence-corrected chi connectivity index (χ4v) is 6.41. The average Bonchev–Trinajstić information content (AvgIpc) is 3.55. The summed E-state index contributed by atoms with van der Waals surface area (Å²) in [7, 11) is 0. The van der Waals surface area contributed by atoms with Crippen molar-refractivity contribution in [1.82, 2.24) is 19.0 Å². The number of hydrogen-bond acceptors (Lipinski definition) is 5. The van der Waals surface area contributed by atoms with Gasteiger partial charge in [0, 0.05) is 23.9 Å². The van der Waals surface area contributed by atoms with Gasteiger partial charge in [0.25, 0.3) is 0 Å². The van der Waals surface area contributed by atoms with Crippen LogP contribution in [0.25, 0.3) is 21.9 Å². The van der Waals surface area contributed by atoms with Gasteiger partial charge < -0.3 is 19.0 Å². The number of nitrogens with zero attached hydrogens (tertiary/aromatic N) is 5. The van der Waals surface area contributed by atoms with Crippen molar-refractivity contribution in [1.29, 1.82) is 5.26 Å². The van der Waals surface area contributed by atoms with Gasteiger partial charge in [0.05, 0.1) is 54.0 Å². The maximum absolute atomic E-state index is 14.6. The smallest absolute Gasteiger partial charge is 0.335 e. The maximum atomic E-state index is 14.6. The number of hydrogen-bond donors (Lipinski definition) is 1. The molecule has 2 aliphatic rings. The number of aromatic carboxylic acids is 1. The summed E-state index contributed by atoms with van der Waals surface area (Å²) in [6.45, 7) is 4.42. The summed E-state index contributed by atoms with van der Waals surface area (Å²) in [6, 6.07) is 20.4. The van der Waals surface area contributed by atoms with E-state index in [0.29, 0.717) is 36.7 Å². The predicted molar refractivity (Wildman–Crippen MR) is 160 cm³/mol. The van der Waals surface area contributed by atoms with Crippen molar-refractivity contribution in [3.05, 3.63) is 101 Å². The first-order valence-electron chi connectivity index (χ1n) is 14.8. The summed E-state index contributed by atoms with van der Waals surface area (Å²) in [5.41, 5.74) is 5.18. The molecule has 5 aromatic rings. The highest BCUT2D eigenvalue weighted by molar-refractivity contribution is 5.92. The second-order valence-corrected chi connectivity index (χ2v) is 11.7. The molecule has 4 heterocycles. The molecular formula is C34H32FN5O3. The van der Waals surface area contributed by atoms with Crippen molar-refractivity contribution >= 4 is 27.9 Å². The number of fused-ring (bicyclic) bond motifs is 2. The molecule has 2 aliphatic heterocycles. The van der Waals surface area contributed by atoms with Gasteiger partial charge in [-0.3, -0.25) is 4.90 Å². The number of halogens is 1. The SMILES string of the molecule is N#Cc1ccc(Cn2ccc3ccc(C4CCN(Cc5nc6ccc(C(=O)O)cc6n5C[C@@H]5CCO5)CC4)cc32)c(F)c1. The monoisotopic (exact) mass is 577 g/mol. The van der Waals surface area contributed by atoms with E-state index in [-0.39, 0.29) is 17.5 Å². The van der Waals surface area contributed by atoms with Gasteiger partial charge in [-0.25, -0.2) is 14.2 Å². The lowest BCUT2D eigenvalue weighted by Crippen LogP contribution is -2.35. The van der Waals surface area contributed by atoms with E-state index in [1.807, 2.05) is 12.3 Å². The maximum Gasteiger partial charge on any atom is 0.335 e. The highest BCUT2D eigenvalue weighted by Crippen LogP contribution is 2.32. The molecule has 0 unspecified atom stereocenters. The lowest BCUT2D eigenvalue weighted by Gasteiger charge is -2.33. The van der Waals surface area contributed by atoms with Crippen molar-refractivity contribution in [2.24, 2.45) is 0 Å². The van der Waals surface area contributed by atoms with Crippen molar-refractivity contribution in [2.45, 2.75) is 50.9 Å². The standard InChI is InChI=1S/C34H32FN5O3/c35-29-15-22(18-36)1-2-27(29)19-39-13-9-24-3-4-25(16-31(24)39)23-7-11-38(12-8-23)21-33-37-30-6-5-26(34(41)42)17-32(30)40(33)20-28-10-14-43-28/h1-6,9,13,15-17,23,28H,7-8,10-12,14,19-21H2,(H,41,42)/t28-/m0/s1. The van der Waals surface area contributed by atoms with Crippen molar-refractivity contribution in [2.75, 3.05) is 19.7 Å². The number of rotatable bonds is 8. The third kappa shape index (κ3) is 5.40. The van der Waals surface area contributed by atoms with Gasteiger partial charge in [0.15, 0.2) is 0 Å². The summed E-state index contributed by atoms with van der Waals surface area (Å²) in [4.78, 5) is 19.0. The van der Waals surface area contributed by atoms with E-state index in [1.54, 1.807) is 30.3 Å². The first kappa shape index (κ1) is 27.3. The van der Waals surface area contributed by atoms with Crippen molar-refractivity contribution < 1.29 is 19.0 Å². The first-order chi connectivity index (χ1) is 20.9. The van der Waals surface area contributed by atoms with Crippen LogP contribution in [0.1, 0.15) is 58.1 Å². The number of likely N-dealkylation sites (tertiary alicyclic amines) is 1. The van der Waals surface area contributed by atoms with Crippen LogP contribution in [0.3, 0.4) is 0 Å². The van der Waals surface area contributed by atoms with Crippen molar-refractivity contribution in [3.8, 4) is 6.07 Å². The Morgan fingerprint density at radius 1 is 1.02 bits per heavy atom. The molecule has 3 aromatic carbocycles. The Bertz CT molecular complexity index is 1870. The van der Waals surface area contributed by atoms with Crippen LogP contribution in [0.2, 0.25) is 0 Å². The Morgan fingerprint density at radius 2 is 1.86 bits per heavy atom. The summed E-state index contributed by atoms with van der Waals surface area (Å²) in [5, 5.41) is 19.7. The molecule has 218 valence electrons. The Morgan fingerprint density at radius 3 is 2.58 bits per heavy atom. The minimum atomic E-state index is -0.940. The van der Waals surface area contributed by atoms with Crippen LogP contribution in [0.5, 0.6) is 0 Å². The molecule has 0 radical (unpaired) electrons. The van der Waals surface area contributed by atoms with E-state index >= 15 is 0 Å². The van der Waals surface area contributed by atoms with Crippen LogP contribution in [-0.4, -0.2) is 55.9 Å². The molecule has 1 N–H and O–H groups in total. The molecule has 0 bridgehead atoms. The normalized spacial score (nSPS) is 17.7. The molecule has 0 saturated carbocycles. The van der Waals surface area contributed by atoms with E-state index in [4.69, 9.17) is 15.0 Å². The van der Waals surface area contributed by atoms with E-state index < -0.39 is 5.97 Å². The number of benzene rings is 3. The second kappa shape index (κ2) is 11.3. The molecule has 43 heavy (non-hydrogen) atoms. The van der Waals surface area contributed by atoms with Crippen LogP contribution < -0.4 is 0 Å². The van der Waals surface area contributed by atoms with Gasteiger partial charge >= 0.3 is 5.97 Å². The predicted octanol–water partition coefficient (Wildman–Crippen LogP) is 5.92. The van der Waals surface area contributed by atoms with E-state index in [1.165, 1.54) is 11.6 Å². The molecule has 2 saturated heterocycles. The fraction of sp³-hybridized carbons (Fsp3) is 0.324. The van der Waals surface area contributed by atoms with E-state index in [0.717, 1.165) is 66.7 Å². The average molecular weight is 578 g/mol. The van der Waals surface area contributed by atoms with Gasteiger partial charge in [-0.15, -0.1) is 0 Å². The van der Waals surface area contributed by atoms with Crippen LogP contribution >= 0.6 is 0 Å². The van der Waals surface area contributed by atoms with Crippen molar-refractivity contribution in [3.63, 3.8) is 0 Å². The van der Waals surface area contributed by atoms with Gasteiger partial charge in [0.2, 0.25) is 0 Å². The zero-order chi connectivity index (χ0) is 29.5. The Kier molecular flexibility index (Phi) is 7.17. The summed E-state index contributed by atoms with van der Waals surface area (Å²) in [5.74, 6) is 0.0715. The summed E-state index contributed by atoms with van der Waals surface area (Å²) < 4.78 is 24.5. The minimum Gasteiger partial charge on any atom is -0.478 e. The fourth-order valence-electron chi connectivity index (χ4n) is 6.41. The Labute approximate surface area is 248 Å². The Balaban J connectivity index is 1.06. The molecule has 0 amide bonds. The number of ether oxygens (including phenoxy) is 1. The third-order valence-corrected chi connectivity index (χ3v) is 9.00. The number of carbonyl (C=O) groups is 1. The topological polar surface area (TPSA) is 96.3 Å². The quantitative estimate of drug-likeness (QED) is 0.246. The third-order valence-electron chi connectivity index (χ3n) is 9.00. The van der Waals surface area contributed by atoms with Gasteiger partial charge in [0.1, 0.15) is 11.6 Å². The van der Waals surface area contributed by atoms with Crippen LogP contribution in [0.15, 0.2) is 66.9 Å². The number of carboxylic acids is 1. The van der Waals surface area contributed by atoms with Gasteiger partial charge in [-0.05, 0) is 91.7 Å². The molecule has 2 fully saturated rings. The van der Waals surface area contributed by atoms with Crippen LogP contribution in [-0.2, 0) is 24.4 Å².